The minimum absolute atomic E-state index is 0.150. The van der Waals surface area contributed by atoms with Crippen LogP contribution in [0.3, 0.4) is 0 Å². The number of benzene rings is 3. The SMILES string of the molecule is NCCC(=O)N(CCc1c[nH]c2ccccc12)C(C(=O)NCc1ccccc1)c1ccccc1Br. The van der Waals surface area contributed by atoms with E-state index in [2.05, 4.69) is 32.3 Å². The monoisotopic (exact) mass is 532 g/mol. The number of aromatic nitrogens is 1. The molecule has 4 rings (SSSR count). The summed E-state index contributed by atoms with van der Waals surface area (Å²) in [6, 6.07) is 24.5. The van der Waals surface area contributed by atoms with Crippen molar-refractivity contribution in [3.63, 3.8) is 0 Å². The number of fused-ring (bicyclic) bond motifs is 1. The van der Waals surface area contributed by atoms with Crippen molar-refractivity contribution in [2.24, 2.45) is 5.73 Å². The highest BCUT2D eigenvalue weighted by Gasteiger charge is 2.32. The normalized spacial score (nSPS) is 11.8. The number of rotatable bonds is 10. The standard InChI is InChI=1S/C28H29BrN4O2/c29-24-12-6-4-11-23(24)27(28(35)32-18-20-8-2-1-3-9-20)33(26(34)14-16-30)17-15-21-19-31-25-13-7-5-10-22(21)25/h1-13,19,27,31H,14-18,30H2,(H,32,35). The summed E-state index contributed by atoms with van der Waals surface area (Å²) in [5.74, 6) is -0.381. The first-order valence-corrected chi connectivity index (χ1v) is 12.5. The van der Waals surface area contributed by atoms with Crippen LogP contribution in [0.5, 0.6) is 0 Å². The number of nitrogens with two attached hydrogens (primary N) is 1. The van der Waals surface area contributed by atoms with Crippen LogP contribution in [-0.2, 0) is 22.6 Å². The van der Waals surface area contributed by atoms with Crippen molar-refractivity contribution in [2.45, 2.75) is 25.4 Å². The van der Waals surface area contributed by atoms with Crippen molar-refractivity contribution >= 4 is 38.6 Å². The van der Waals surface area contributed by atoms with Crippen LogP contribution in [0.15, 0.2) is 89.5 Å². The summed E-state index contributed by atoms with van der Waals surface area (Å²) in [5.41, 5.74) is 9.62. The van der Waals surface area contributed by atoms with E-state index in [1.807, 2.05) is 79.0 Å². The van der Waals surface area contributed by atoms with Crippen LogP contribution < -0.4 is 11.1 Å². The van der Waals surface area contributed by atoms with Crippen molar-refractivity contribution in [3.05, 3.63) is 106 Å². The van der Waals surface area contributed by atoms with E-state index in [1.165, 1.54) is 0 Å². The Balaban J connectivity index is 1.64. The minimum Gasteiger partial charge on any atom is -0.361 e. The molecule has 1 aromatic heterocycles. The van der Waals surface area contributed by atoms with Gasteiger partial charge < -0.3 is 20.9 Å². The third kappa shape index (κ3) is 5.99. The molecule has 0 radical (unpaired) electrons. The zero-order valence-electron chi connectivity index (χ0n) is 19.4. The average Bonchev–Trinajstić information content (AvgIpc) is 3.29. The van der Waals surface area contributed by atoms with Crippen LogP contribution in [0.4, 0.5) is 0 Å². The number of carbonyl (C=O) groups is 2. The second kappa shape index (κ2) is 11.8. The molecule has 1 atom stereocenters. The van der Waals surface area contributed by atoms with Gasteiger partial charge >= 0.3 is 0 Å². The van der Waals surface area contributed by atoms with Crippen LogP contribution >= 0.6 is 15.9 Å². The summed E-state index contributed by atoms with van der Waals surface area (Å²) in [6.45, 7) is 0.976. The quantitative estimate of drug-likeness (QED) is 0.276. The molecule has 1 unspecified atom stereocenters. The molecule has 35 heavy (non-hydrogen) atoms. The smallest absolute Gasteiger partial charge is 0.247 e. The van der Waals surface area contributed by atoms with E-state index >= 15 is 0 Å². The average molecular weight is 533 g/mol. The molecule has 2 amide bonds. The predicted octanol–water partition coefficient (Wildman–Crippen LogP) is 4.71. The first-order valence-electron chi connectivity index (χ1n) is 11.7. The van der Waals surface area contributed by atoms with Crippen LogP contribution in [0.1, 0.15) is 29.2 Å². The van der Waals surface area contributed by atoms with E-state index in [0.29, 0.717) is 19.5 Å². The number of halogens is 1. The van der Waals surface area contributed by atoms with E-state index in [4.69, 9.17) is 5.73 Å². The Bertz CT molecular complexity index is 1290. The Morgan fingerprint density at radius 1 is 0.971 bits per heavy atom. The molecule has 180 valence electrons. The number of hydrogen-bond acceptors (Lipinski definition) is 3. The summed E-state index contributed by atoms with van der Waals surface area (Å²) in [7, 11) is 0. The lowest BCUT2D eigenvalue weighted by Gasteiger charge is -2.32. The molecule has 0 aliphatic heterocycles. The number of nitrogens with zero attached hydrogens (tertiary/aromatic N) is 1. The maximum Gasteiger partial charge on any atom is 0.247 e. The molecule has 0 aliphatic rings. The first kappa shape index (κ1) is 24.7. The van der Waals surface area contributed by atoms with Gasteiger partial charge in [0.05, 0.1) is 0 Å². The van der Waals surface area contributed by atoms with Gasteiger partial charge in [0, 0.05) is 47.6 Å². The highest BCUT2D eigenvalue weighted by atomic mass is 79.9. The van der Waals surface area contributed by atoms with Crippen molar-refractivity contribution in [1.82, 2.24) is 15.2 Å². The number of para-hydroxylation sites is 1. The number of hydrogen-bond donors (Lipinski definition) is 3. The summed E-state index contributed by atoms with van der Waals surface area (Å²) >= 11 is 3.59. The topological polar surface area (TPSA) is 91.2 Å². The lowest BCUT2D eigenvalue weighted by Crippen LogP contribution is -2.45. The first-order chi connectivity index (χ1) is 17.1. The highest BCUT2D eigenvalue weighted by molar-refractivity contribution is 9.10. The lowest BCUT2D eigenvalue weighted by atomic mass is 10.0. The molecule has 4 N–H and O–H groups in total. The molecule has 4 aromatic rings. The van der Waals surface area contributed by atoms with E-state index in [9.17, 15) is 9.59 Å². The lowest BCUT2D eigenvalue weighted by molar-refractivity contribution is -0.140. The highest BCUT2D eigenvalue weighted by Crippen LogP contribution is 2.30. The molecule has 1 heterocycles. The van der Waals surface area contributed by atoms with Crippen LogP contribution in [0.2, 0.25) is 0 Å². The van der Waals surface area contributed by atoms with Crippen molar-refractivity contribution < 1.29 is 9.59 Å². The number of H-pyrrole nitrogens is 1. The fourth-order valence-electron chi connectivity index (χ4n) is 4.27. The molecule has 0 spiro atoms. The molecular weight excluding hydrogens is 504 g/mol. The molecular formula is C28H29BrN4O2. The van der Waals surface area contributed by atoms with Crippen molar-refractivity contribution in [3.8, 4) is 0 Å². The Labute approximate surface area is 213 Å². The number of aromatic amines is 1. The molecule has 0 bridgehead atoms. The fraction of sp³-hybridized carbons (Fsp3) is 0.214. The predicted molar refractivity (Wildman–Crippen MR) is 143 cm³/mol. The largest absolute Gasteiger partial charge is 0.361 e. The number of amides is 2. The summed E-state index contributed by atoms with van der Waals surface area (Å²) in [4.78, 5) is 31.9. The van der Waals surface area contributed by atoms with Gasteiger partial charge in [0.2, 0.25) is 11.8 Å². The van der Waals surface area contributed by atoms with Crippen molar-refractivity contribution in [2.75, 3.05) is 13.1 Å². The van der Waals surface area contributed by atoms with E-state index in [1.54, 1.807) is 4.90 Å². The zero-order chi connectivity index (χ0) is 24.6. The second-order valence-electron chi connectivity index (χ2n) is 8.36. The van der Waals surface area contributed by atoms with E-state index in [0.717, 1.165) is 32.1 Å². The van der Waals surface area contributed by atoms with Gasteiger partial charge in [-0.2, -0.15) is 0 Å². The third-order valence-electron chi connectivity index (χ3n) is 6.04. The molecule has 3 aromatic carbocycles. The molecule has 0 fully saturated rings. The van der Waals surface area contributed by atoms with Crippen LogP contribution in [0.25, 0.3) is 10.9 Å². The second-order valence-corrected chi connectivity index (χ2v) is 9.22. The Morgan fingerprint density at radius 3 is 2.46 bits per heavy atom. The molecule has 0 saturated heterocycles. The molecule has 0 aliphatic carbocycles. The molecule has 7 heteroatoms. The Kier molecular flexibility index (Phi) is 8.34. The van der Waals surface area contributed by atoms with Gasteiger partial charge in [0.1, 0.15) is 6.04 Å². The minimum atomic E-state index is -0.793. The van der Waals surface area contributed by atoms with Crippen molar-refractivity contribution in [1.29, 1.82) is 0 Å². The van der Waals surface area contributed by atoms with Gasteiger partial charge in [0.25, 0.3) is 0 Å². The van der Waals surface area contributed by atoms with Gasteiger partial charge in [0.15, 0.2) is 0 Å². The fourth-order valence-corrected chi connectivity index (χ4v) is 4.78. The van der Waals surface area contributed by atoms with Gasteiger partial charge in [-0.05, 0) is 35.2 Å². The summed E-state index contributed by atoms with van der Waals surface area (Å²) < 4.78 is 0.775. The molecule has 0 saturated carbocycles. The van der Waals surface area contributed by atoms with Gasteiger partial charge in [-0.3, -0.25) is 9.59 Å². The maximum absolute atomic E-state index is 13.6. The summed E-state index contributed by atoms with van der Waals surface area (Å²) in [6.07, 6.45) is 2.74. The third-order valence-corrected chi connectivity index (χ3v) is 6.77. The van der Waals surface area contributed by atoms with Crippen LogP contribution in [0, 0.1) is 0 Å². The van der Waals surface area contributed by atoms with Gasteiger partial charge in [-0.1, -0.05) is 82.7 Å². The summed E-state index contributed by atoms with van der Waals surface area (Å²) in [5, 5.41) is 4.15. The van der Waals surface area contributed by atoms with Crippen LogP contribution in [-0.4, -0.2) is 34.8 Å². The Morgan fingerprint density at radius 2 is 1.69 bits per heavy atom. The zero-order valence-corrected chi connectivity index (χ0v) is 21.0. The molecule has 6 nitrogen and oxygen atoms in total. The van der Waals surface area contributed by atoms with Gasteiger partial charge in [-0.15, -0.1) is 0 Å². The van der Waals surface area contributed by atoms with E-state index < -0.39 is 6.04 Å². The number of nitrogens with one attached hydrogen (secondary N) is 2. The van der Waals surface area contributed by atoms with E-state index in [-0.39, 0.29) is 24.8 Å². The maximum atomic E-state index is 13.6. The number of carbonyl (C=O) groups excluding carboxylic acids is 2. The Hall–Kier alpha value is -3.42. The van der Waals surface area contributed by atoms with Gasteiger partial charge in [-0.25, -0.2) is 0 Å².